The molecule has 0 spiro atoms. The Kier molecular flexibility index (Phi) is 5.39. The number of amides is 1. The number of methoxy groups -OCH3 is 1. The van der Waals surface area contributed by atoms with Gasteiger partial charge in [-0.25, -0.2) is 0 Å². The Bertz CT molecular complexity index is 524. The lowest BCUT2D eigenvalue weighted by molar-refractivity contribution is -0.141. The van der Waals surface area contributed by atoms with Crippen molar-refractivity contribution in [1.82, 2.24) is 4.90 Å². The summed E-state index contributed by atoms with van der Waals surface area (Å²) >= 11 is 1.68. The topological polar surface area (TPSA) is 46.6 Å². The van der Waals surface area contributed by atoms with E-state index in [0.717, 1.165) is 31.2 Å². The molecule has 0 radical (unpaired) electrons. The number of thiophene rings is 1. The Balaban J connectivity index is 2.19. The molecule has 1 unspecified atom stereocenters. The Morgan fingerprint density at radius 2 is 2.24 bits per heavy atom. The number of esters is 1. The molecular formula is C16H23NO3S. The summed E-state index contributed by atoms with van der Waals surface area (Å²) in [4.78, 5) is 27.2. The highest BCUT2D eigenvalue weighted by atomic mass is 32.1. The zero-order chi connectivity index (χ0) is 15.4. The summed E-state index contributed by atoms with van der Waals surface area (Å²) in [6.45, 7) is 4.87. The van der Waals surface area contributed by atoms with E-state index in [0.29, 0.717) is 12.5 Å². The van der Waals surface area contributed by atoms with E-state index < -0.39 is 0 Å². The van der Waals surface area contributed by atoms with Crippen molar-refractivity contribution in [3.8, 4) is 0 Å². The lowest BCUT2D eigenvalue weighted by atomic mass is 9.88. The summed E-state index contributed by atoms with van der Waals surface area (Å²) in [5.41, 5.74) is 1.99. The molecule has 1 amide bonds. The van der Waals surface area contributed by atoms with Gasteiger partial charge < -0.3 is 9.64 Å². The second kappa shape index (κ2) is 7.07. The van der Waals surface area contributed by atoms with Crippen molar-refractivity contribution < 1.29 is 14.3 Å². The molecule has 1 aliphatic rings. The standard InChI is InChI=1S/C16H23NO3S/c1-4-7-17(9-15(18)20-3)16(19)13-10-21-14-8-11(2)5-6-12(13)14/h10-11H,4-9H2,1-3H3. The van der Waals surface area contributed by atoms with Crippen LogP contribution < -0.4 is 0 Å². The predicted octanol–water partition coefficient (Wildman–Crippen LogP) is 2.90. The van der Waals surface area contributed by atoms with Gasteiger partial charge in [-0.1, -0.05) is 13.8 Å². The van der Waals surface area contributed by atoms with Crippen molar-refractivity contribution in [2.24, 2.45) is 5.92 Å². The average molecular weight is 309 g/mol. The second-order valence-electron chi connectivity index (χ2n) is 5.70. The van der Waals surface area contributed by atoms with Gasteiger partial charge in [0.25, 0.3) is 5.91 Å². The van der Waals surface area contributed by atoms with E-state index in [4.69, 9.17) is 4.74 Å². The lowest BCUT2D eigenvalue weighted by Gasteiger charge is -2.23. The summed E-state index contributed by atoms with van der Waals surface area (Å²) in [7, 11) is 1.35. The first-order valence-corrected chi connectivity index (χ1v) is 8.40. The third-order valence-corrected chi connectivity index (χ3v) is 5.01. The van der Waals surface area contributed by atoms with Crippen LogP contribution in [0.4, 0.5) is 0 Å². The molecule has 1 heterocycles. The van der Waals surface area contributed by atoms with E-state index in [9.17, 15) is 9.59 Å². The zero-order valence-corrected chi connectivity index (χ0v) is 13.8. The number of carbonyl (C=O) groups excluding carboxylic acids is 2. The van der Waals surface area contributed by atoms with Gasteiger partial charge in [0.05, 0.1) is 12.7 Å². The molecule has 2 rings (SSSR count). The highest BCUT2D eigenvalue weighted by Crippen LogP contribution is 2.33. The number of ether oxygens (including phenoxy) is 1. The van der Waals surface area contributed by atoms with Crippen molar-refractivity contribution in [3.63, 3.8) is 0 Å². The van der Waals surface area contributed by atoms with Crippen LogP contribution in [0.1, 0.15) is 47.5 Å². The summed E-state index contributed by atoms with van der Waals surface area (Å²) in [6.07, 6.45) is 4.00. The predicted molar refractivity (Wildman–Crippen MR) is 83.7 cm³/mol. The van der Waals surface area contributed by atoms with Gasteiger partial charge in [0.2, 0.25) is 0 Å². The Labute approximate surface area is 130 Å². The van der Waals surface area contributed by atoms with Crippen LogP contribution in [-0.2, 0) is 22.4 Å². The van der Waals surface area contributed by atoms with Gasteiger partial charge in [-0.15, -0.1) is 11.3 Å². The Morgan fingerprint density at radius 3 is 2.90 bits per heavy atom. The summed E-state index contributed by atoms with van der Waals surface area (Å²) in [6, 6.07) is 0. The molecular weight excluding hydrogens is 286 g/mol. The number of hydrogen-bond acceptors (Lipinski definition) is 4. The maximum Gasteiger partial charge on any atom is 0.325 e. The summed E-state index contributed by atoms with van der Waals surface area (Å²) in [5.74, 6) is 0.296. The van der Waals surface area contributed by atoms with Gasteiger partial charge >= 0.3 is 5.97 Å². The molecule has 0 N–H and O–H groups in total. The molecule has 1 aromatic rings. The fraction of sp³-hybridized carbons (Fsp3) is 0.625. The smallest absolute Gasteiger partial charge is 0.325 e. The molecule has 1 aliphatic carbocycles. The van der Waals surface area contributed by atoms with E-state index in [2.05, 4.69) is 6.92 Å². The second-order valence-corrected chi connectivity index (χ2v) is 6.67. The fourth-order valence-electron chi connectivity index (χ4n) is 2.77. The largest absolute Gasteiger partial charge is 0.468 e. The first kappa shape index (κ1) is 16.0. The molecule has 1 aromatic heterocycles. The third-order valence-electron chi connectivity index (χ3n) is 3.96. The van der Waals surface area contributed by atoms with Gasteiger partial charge in [0.1, 0.15) is 6.54 Å². The molecule has 0 saturated carbocycles. The van der Waals surface area contributed by atoms with E-state index in [1.165, 1.54) is 17.6 Å². The van der Waals surface area contributed by atoms with Crippen LogP contribution in [0.25, 0.3) is 0 Å². The van der Waals surface area contributed by atoms with Crippen molar-refractivity contribution in [2.75, 3.05) is 20.2 Å². The number of rotatable bonds is 5. The number of nitrogens with zero attached hydrogens (tertiary/aromatic N) is 1. The third kappa shape index (κ3) is 3.64. The van der Waals surface area contributed by atoms with Crippen LogP contribution >= 0.6 is 11.3 Å². The SMILES string of the molecule is CCCN(CC(=O)OC)C(=O)c1csc2c1CCC(C)C2. The van der Waals surface area contributed by atoms with Gasteiger partial charge in [-0.2, -0.15) is 0 Å². The van der Waals surface area contributed by atoms with Crippen LogP contribution in [0.5, 0.6) is 0 Å². The number of hydrogen-bond donors (Lipinski definition) is 0. The summed E-state index contributed by atoms with van der Waals surface area (Å²) in [5, 5.41) is 1.96. The number of carbonyl (C=O) groups is 2. The molecule has 0 aliphatic heterocycles. The molecule has 21 heavy (non-hydrogen) atoms. The van der Waals surface area contributed by atoms with Crippen LogP contribution in [0.2, 0.25) is 0 Å². The molecule has 0 saturated heterocycles. The van der Waals surface area contributed by atoms with Crippen molar-refractivity contribution in [2.45, 2.75) is 39.5 Å². The average Bonchev–Trinajstić information content (AvgIpc) is 2.88. The van der Waals surface area contributed by atoms with Crippen LogP contribution in [-0.4, -0.2) is 37.0 Å². The molecule has 5 heteroatoms. The zero-order valence-electron chi connectivity index (χ0n) is 13.0. The van der Waals surface area contributed by atoms with Gasteiger partial charge in [-0.05, 0) is 37.2 Å². The highest BCUT2D eigenvalue weighted by Gasteiger charge is 2.26. The minimum absolute atomic E-state index is 0.0319. The molecule has 0 aromatic carbocycles. The van der Waals surface area contributed by atoms with Crippen molar-refractivity contribution in [3.05, 3.63) is 21.4 Å². The first-order valence-electron chi connectivity index (χ1n) is 7.52. The Morgan fingerprint density at radius 1 is 1.48 bits per heavy atom. The highest BCUT2D eigenvalue weighted by molar-refractivity contribution is 7.10. The first-order chi connectivity index (χ1) is 10.1. The lowest BCUT2D eigenvalue weighted by Crippen LogP contribution is -2.37. The maximum absolute atomic E-state index is 12.7. The van der Waals surface area contributed by atoms with Crippen molar-refractivity contribution in [1.29, 1.82) is 0 Å². The summed E-state index contributed by atoms with van der Waals surface area (Å²) < 4.78 is 4.69. The number of fused-ring (bicyclic) bond motifs is 1. The van der Waals surface area contributed by atoms with Crippen LogP contribution in [0, 0.1) is 5.92 Å². The van der Waals surface area contributed by atoms with Crippen LogP contribution in [0.3, 0.4) is 0 Å². The van der Waals surface area contributed by atoms with Crippen LogP contribution in [0.15, 0.2) is 5.38 Å². The molecule has 1 atom stereocenters. The monoisotopic (exact) mass is 309 g/mol. The van der Waals surface area contributed by atoms with E-state index in [1.807, 2.05) is 12.3 Å². The minimum Gasteiger partial charge on any atom is -0.468 e. The molecule has 0 fully saturated rings. The van der Waals surface area contributed by atoms with Gasteiger partial charge in [0, 0.05) is 16.8 Å². The van der Waals surface area contributed by atoms with Gasteiger partial charge in [-0.3, -0.25) is 9.59 Å². The normalized spacial score (nSPS) is 17.2. The minimum atomic E-state index is -0.366. The molecule has 0 bridgehead atoms. The van der Waals surface area contributed by atoms with Crippen molar-refractivity contribution >= 4 is 23.2 Å². The van der Waals surface area contributed by atoms with Gasteiger partial charge in [0.15, 0.2) is 0 Å². The maximum atomic E-state index is 12.7. The quantitative estimate of drug-likeness (QED) is 0.786. The molecule has 116 valence electrons. The van der Waals surface area contributed by atoms with E-state index in [1.54, 1.807) is 16.2 Å². The molecule has 4 nitrogen and oxygen atoms in total. The fourth-order valence-corrected chi connectivity index (χ4v) is 4.01. The van der Waals surface area contributed by atoms with E-state index in [-0.39, 0.29) is 18.4 Å². The van der Waals surface area contributed by atoms with E-state index >= 15 is 0 Å². The Hall–Kier alpha value is -1.36.